The van der Waals surface area contributed by atoms with E-state index in [-0.39, 0.29) is 0 Å². The number of hydrogen-bond donors (Lipinski definition) is 1. The highest BCUT2D eigenvalue weighted by atomic mass is 16.4. The molecule has 1 N–H and O–H groups in total. The minimum absolute atomic E-state index is 0.347. The van der Waals surface area contributed by atoms with Crippen molar-refractivity contribution in [1.29, 1.82) is 0 Å². The standard InChI is InChI=1S/C20H27NO2/c1-3-11(4-2)18-17-13-9-8-12(10-13)16(17)14-6-5-7-15(20(22)23)19(14)21-18/h5-7,11-13,16-18,21H,3-4,8-10H2,1-2H3,(H,22,23)/p-1/t12-,13+,16+,17+,18-/m0/s1. The second kappa shape index (κ2) is 5.54. The van der Waals surface area contributed by atoms with Gasteiger partial charge in [0.2, 0.25) is 0 Å². The van der Waals surface area contributed by atoms with E-state index in [4.69, 9.17) is 0 Å². The number of benzene rings is 1. The van der Waals surface area contributed by atoms with E-state index in [9.17, 15) is 9.90 Å². The molecule has 3 heteroatoms. The zero-order chi connectivity index (χ0) is 16.1. The van der Waals surface area contributed by atoms with Gasteiger partial charge in [-0.25, -0.2) is 0 Å². The van der Waals surface area contributed by atoms with Gasteiger partial charge in [0.05, 0.1) is 5.97 Å². The third-order valence-electron chi connectivity index (χ3n) is 6.94. The fourth-order valence-electron chi connectivity index (χ4n) is 5.98. The molecule has 4 rings (SSSR count). The van der Waals surface area contributed by atoms with Crippen LogP contribution in [0.4, 0.5) is 5.69 Å². The molecular weight excluding hydrogens is 286 g/mol. The quantitative estimate of drug-likeness (QED) is 0.927. The normalized spacial score (nSPS) is 34.1. The summed E-state index contributed by atoms with van der Waals surface area (Å²) in [7, 11) is 0. The molecule has 2 bridgehead atoms. The molecule has 2 saturated carbocycles. The summed E-state index contributed by atoms with van der Waals surface area (Å²) in [6.45, 7) is 4.52. The first-order valence-electron chi connectivity index (χ1n) is 9.26. The minimum Gasteiger partial charge on any atom is -0.545 e. The number of nitrogens with one attached hydrogen (secondary N) is 1. The fraction of sp³-hybridized carbons (Fsp3) is 0.650. The van der Waals surface area contributed by atoms with Crippen LogP contribution >= 0.6 is 0 Å². The van der Waals surface area contributed by atoms with Crippen LogP contribution < -0.4 is 10.4 Å². The van der Waals surface area contributed by atoms with Gasteiger partial charge in [0.1, 0.15) is 0 Å². The number of hydrogen-bond acceptors (Lipinski definition) is 3. The van der Waals surface area contributed by atoms with Crippen molar-refractivity contribution in [3.8, 4) is 0 Å². The largest absolute Gasteiger partial charge is 0.545 e. The summed E-state index contributed by atoms with van der Waals surface area (Å²) in [5.74, 6) is 2.37. The van der Waals surface area contributed by atoms with Gasteiger partial charge in [-0.05, 0) is 54.4 Å². The fourth-order valence-corrected chi connectivity index (χ4v) is 5.98. The van der Waals surface area contributed by atoms with Gasteiger partial charge in [-0.15, -0.1) is 0 Å². The number of carboxylic acids is 1. The van der Waals surface area contributed by atoms with Crippen LogP contribution in [-0.2, 0) is 0 Å². The first-order chi connectivity index (χ1) is 11.2. The summed E-state index contributed by atoms with van der Waals surface area (Å²) in [6.07, 6.45) is 6.31. The molecule has 0 spiro atoms. The maximum atomic E-state index is 11.6. The lowest BCUT2D eigenvalue weighted by atomic mass is 9.65. The first kappa shape index (κ1) is 15.0. The molecule has 1 aromatic carbocycles. The molecule has 3 aliphatic rings. The molecule has 124 valence electrons. The van der Waals surface area contributed by atoms with Crippen molar-refractivity contribution in [2.24, 2.45) is 23.7 Å². The van der Waals surface area contributed by atoms with Crippen LogP contribution in [0.5, 0.6) is 0 Å². The van der Waals surface area contributed by atoms with E-state index in [0.717, 1.165) is 30.4 Å². The smallest absolute Gasteiger partial charge is 0.0736 e. The van der Waals surface area contributed by atoms with Crippen molar-refractivity contribution in [3.63, 3.8) is 0 Å². The summed E-state index contributed by atoms with van der Waals surface area (Å²) >= 11 is 0. The number of carbonyl (C=O) groups excluding carboxylic acids is 1. The van der Waals surface area contributed by atoms with E-state index >= 15 is 0 Å². The molecule has 0 radical (unpaired) electrons. The summed E-state index contributed by atoms with van der Waals surface area (Å²) in [6, 6.07) is 6.15. The molecule has 23 heavy (non-hydrogen) atoms. The van der Waals surface area contributed by atoms with Gasteiger partial charge in [-0.3, -0.25) is 0 Å². The maximum absolute atomic E-state index is 11.6. The van der Waals surface area contributed by atoms with Crippen molar-refractivity contribution in [1.82, 2.24) is 0 Å². The van der Waals surface area contributed by atoms with Crippen LogP contribution in [0.2, 0.25) is 0 Å². The predicted octanol–water partition coefficient (Wildman–Crippen LogP) is 3.41. The number of fused-ring (bicyclic) bond motifs is 7. The number of carboxylic acid groups (broad SMARTS) is 1. The third-order valence-corrected chi connectivity index (χ3v) is 6.94. The average Bonchev–Trinajstić information content (AvgIpc) is 3.17. The molecule has 0 aromatic heterocycles. The molecule has 5 atom stereocenters. The van der Waals surface area contributed by atoms with Gasteiger partial charge in [-0.2, -0.15) is 0 Å². The second-order valence-electron chi connectivity index (χ2n) is 7.74. The highest BCUT2D eigenvalue weighted by Crippen LogP contribution is 2.62. The average molecular weight is 312 g/mol. The molecule has 0 saturated heterocycles. The summed E-state index contributed by atoms with van der Waals surface area (Å²) in [5, 5.41) is 15.3. The van der Waals surface area contributed by atoms with Gasteiger partial charge in [0.15, 0.2) is 0 Å². The zero-order valence-corrected chi connectivity index (χ0v) is 14.0. The van der Waals surface area contributed by atoms with Crippen molar-refractivity contribution in [2.45, 2.75) is 57.9 Å². The van der Waals surface area contributed by atoms with Crippen molar-refractivity contribution in [3.05, 3.63) is 29.3 Å². The van der Waals surface area contributed by atoms with Crippen LogP contribution in [0.15, 0.2) is 18.2 Å². The Kier molecular flexibility index (Phi) is 3.62. The highest BCUT2D eigenvalue weighted by Gasteiger charge is 2.54. The molecule has 1 heterocycles. The molecule has 0 amide bonds. The molecule has 3 nitrogen and oxygen atoms in total. The van der Waals surface area contributed by atoms with Gasteiger partial charge >= 0.3 is 0 Å². The molecule has 0 unspecified atom stereocenters. The minimum atomic E-state index is -1.06. The van der Waals surface area contributed by atoms with Gasteiger partial charge in [0.25, 0.3) is 0 Å². The SMILES string of the molecule is CCC(CC)[C@@H]1Nc2c(C(=O)[O-])cccc2[C@H]2[C@H]3CC[C@H](C3)[C@H]21. The Morgan fingerprint density at radius 3 is 2.70 bits per heavy atom. The Hall–Kier alpha value is -1.51. The van der Waals surface area contributed by atoms with E-state index < -0.39 is 5.97 Å². The van der Waals surface area contributed by atoms with Gasteiger partial charge in [0, 0.05) is 17.3 Å². The molecule has 1 aliphatic heterocycles. The van der Waals surface area contributed by atoms with Crippen LogP contribution in [-0.4, -0.2) is 12.0 Å². The van der Waals surface area contributed by atoms with Crippen LogP contribution in [0.1, 0.15) is 67.8 Å². The monoisotopic (exact) mass is 312 g/mol. The van der Waals surface area contributed by atoms with Crippen molar-refractivity contribution >= 4 is 11.7 Å². The van der Waals surface area contributed by atoms with Crippen molar-refractivity contribution in [2.75, 3.05) is 5.32 Å². The molecule has 2 aliphatic carbocycles. The topological polar surface area (TPSA) is 52.2 Å². The molecular formula is C20H26NO2-. The highest BCUT2D eigenvalue weighted by molar-refractivity contribution is 5.94. The molecule has 1 aromatic rings. The van der Waals surface area contributed by atoms with E-state index in [1.54, 1.807) is 6.07 Å². The maximum Gasteiger partial charge on any atom is 0.0736 e. The Bertz CT molecular complexity index is 622. The Morgan fingerprint density at radius 1 is 1.26 bits per heavy atom. The van der Waals surface area contributed by atoms with Crippen LogP contribution in [0.3, 0.4) is 0 Å². The Balaban J connectivity index is 1.83. The lowest BCUT2D eigenvalue weighted by molar-refractivity contribution is -0.254. The lowest BCUT2D eigenvalue weighted by Gasteiger charge is -2.46. The lowest BCUT2D eigenvalue weighted by Crippen LogP contribution is -2.46. The zero-order valence-electron chi connectivity index (χ0n) is 14.0. The predicted molar refractivity (Wildman–Crippen MR) is 89.3 cm³/mol. The van der Waals surface area contributed by atoms with Gasteiger partial charge in [-0.1, -0.05) is 44.9 Å². The number of anilines is 1. The van der Waals surface area contributed by atoms with E-state index in [2.05, 4.69) is 25.2 Å². The van der Waals surface area contributed by atoms with E-state index in [1.807, 2.05) is 6.07 Å². The Labute approximate surface area is 138 Å². The van der Waals surface area contributed by atoms with Crippen LogP contribution in [0, 0.1) is 23.7 Å². The van der Waals surface area contributed by atoms with E-state index in [1.165, 1.54) is 24.8 Å². The second-order valence-corrected chi connectivity index (χ2v) is 7.74. The Morgan fingerprint density at radius 2 is 2.00 bits per heavy atom. The number of para-hydroxylation sites is 1. The van der Waals surface area contributed by atoms with Gasteiger partial charge < -0.3 is 15.2 Å². The van der Waals surface area contributed by atoms with E-state index in [0.29, 0.717) is 29.4 Å². The number of rotatable bonds is 4. The summed E-state index contributed by atoms with van der Waals surface area (Å²) < 4.78 is 0. The number of carbonyl (C=O) groups is 1. The third kappa shape index (κ3) is 2.12. The summed E-state index contributed by atoms with van der Waals surface area (Å²) in [5.41, 5.74) is 2.45. The first-order valence-corrected chi connectivity index (χ1v) is 9.26. The summed E-state index contributed by atoms with van der Waals surface area (Å²) in [4.78, 5) is 11.6. The number of aromatic carboxylic acids is 1. The van der Waals surface area contributed by atoms with Crippen LogP contribution in [0.25, 0.3) is 0 Å². The molecule has 2 fully saturated rings. The van der Waals surface area contributed by atoms with Crippen molar-refractivity contribution < 1.29 is 9.90 Å².